The van der Waals surface area contributed by atoms with E-state index in [4.69, 9.17) is 5.73 Å². The summed E-state index contributed by atoms with van der Waals surface area (Å²) in [5.41, 5.74) is 7.42. The first kappa shape index (κ1) is 7.82. The maximum absolute atomic E-state index is 5.66. The van der Waals surface area contributed by atoms with E-state index >= 15 is 0 Å². The summed E-state index contributed by atoms with van der Waals surface area (Å²) in [5.74, 6) is 0. The lowest BCUT2D eigenvalue weighted by molar-refractivity contribution is 1.24. The van der Waals surface area contributed by atoms with E-state index in [-0.39, 0.29) is 0 Å². The second kappa shape index (κ2) is 2.76. The van der Waals surface area contributed by atoms with E-state index in [0.717, 1.165) is 21.0 Å². The first-order valence-electron chi connectivity index (χ1n) is 2.90. The second-order valence-corrected chi connectivity index (χ2v) is 3.09. The van der Waals surface area contributed by atoms with Crippen molar-refractivity contribution in [3.05, 3.63) is 17.7 Å². The van der Waals surface area contributed by atoms with Crippen LogP contribution in [0.4, 0.5) is 5.69 Å². The molecule has 1 rings (SSSR count). The normalized spacial score (nSPS) is 9.90. The maximum atomic E-state index is 5.66. The molecule has 0 heterocycles. The minimum absolute atomic E-state index is 0.718. The summed E-state index contributed by atoms with van der Waals surface area (Å²) >= 11 is 8.34. The van der Waals surface area contributed by atoms with Gasteiger partial charge in [0.25, 0.3) is 0 Å². The minimum Gasteiger partial charge on any atom is -0.398 e. The molecule has 1 aromatic carbocycles. The lowest BCUT2D eigenvalue weighted by Crippen LogP contribution is -1.91. The van der Waals surface area contributed by atoms with Crippen LogP contribution in [0, 0.1) is 6.92 Å². The van der Waals surface area contributed by atoms with E-state index in [1.165, 1.54) is 0 Å². The fourth-order valence-electron chi connectivity index (χ4n) is 0.697. The Balaban J connectivity index is 3.34. The van der Waals surface area contributed by atoms with Gasteiger partial charge in [-0.1, -0.05) is 6.07 Å². The van der Waals surface area contributed by atoms with Gasteiger partial charge in [0.1, 0.15) is 0 Å². The van der Waals surface area contributed by atoms with Crippen molar-refractivity contribution in [1.29, 1.82) is 0 Å². The molecule has 0 saturated heterocycles. The smallest absolute Gasteiger partial charge is 0.0490 e. The van der Waals surface area contributed by atoms with E-state index in [1.807, 2.05) is 19.1 Å². The summed E-state index contributed by atoms with van der Waals surface area (Å²) in [4.78, 5) is 1.59. The summed E-state index contributed by atoms with van der Waals surface area (Å²) < 4.78 is 0. The number of rotatable bonds is 0. The van der Waals surface area contributed by atoms with Gasteiger partial charge in [-0.15, -0.1) is 25.3 Å². The van der Waals surface area contributed by atoms with Crippen LogP contribution in [0.25, 0.3) is 0 Å². The Morgan fingerprint density at radius 1 is 1.30 bits per heavy atom. The summed E-state index contributed by atoms with van der Waals surface area (Å²) in [6.45, 7) is 1.95. The van der Waals surface area contributed by atoms with Gasteiger partial charge in [-0.2, -0.15) is 0 Å². The predicted octanol–water partition coefficient (Wildman–Crippen LogP) is 2.15. The van der Waals surface area contributed by atoms with Gasteiger partial charge < -0.3 is 5.73 Å². The van der Waals surface area contributed by atoms with Gasteiger partial charge >= 0.3 is 0 Å². The van der Waals surface area contributed by atoms with Crippen LogP contribution in [0.5, 0.6) is 0 Å². The maximum Gasteiger partial charge on any atom is 0.0490 e. The molecule has 2 N–H and O–H groups in total. The molecule has 0 amide bonds. The van der Waals surface area contributed by atoms with E-state index < -0.39 is 0 Å². The number of aryl methyl sites for hydroxylation is 1. The highest BCUT2D eigenvalue weighted by Gasteiger charge is 2.00. The molecule has 0 aromatic heterocycles. The van der Waals surface area contributed by atoms with Crippen LogP contribution in [0.3, 0.4) is 0 Å². The third kappa shape index (κ3) is 1.25. The molecule has 0 radical (unpaired) electrons. The third-order valence-corrected chi connectivity index (χ3v) is 2.44. The Hall–Kier alpha value is -0.280. The second-order valence-electron chi connectivity index (χ2n) is 2.16. The molecule has 0 saturated carbocycles. The van der Waals surface area contributed by atoms with Crippen LogP contribution in [0.15, 0.2) is 21.9 Å². The van der Waals surface area contributed by atoms with Crippen molar-refractivity contribution in [3.8, 4) is 0 Å². The molecule has 0 bridgehead atoms. The molecular weight excluding hydrogens is 162 g/mol. The number of nitrogens with two attached hydrogens (primary N) is 1. The summed E-state index contributed by atoms with van der Waals surface area (Å²) in [7, 11) is 0. The highest BCUT2D eigenvalue weighted by Crippen LogP contribution is 2.26. The largest absolute Gasteiger partial charge is 0.398 e. The number of thiol groups is 2. The highest BCUT2D eigenvalue weighted by molar-refractivity contribution is 7.83. The van der Waals surface area contributed by atoms with Crippen molar-refractivity contribution in [2.75, 3.05) is 5.73 Å². The molecule has 0 aliphatic carbocycles. The number of benzene rings is 1. The quantitative estimate of drug-likeness (QED) is 0.405. The SMILES string of the molecule is Cc1ccc(S)c(S)c1N. The molecule has 54 valence electrons. The lowest BCUT2D eigenvalue weighted by atomic mass is 10.2. The van der Waals surface area contributed by atoms with Crippen molar-refractivity contribution in [3.63, 3.8) is 0 Å². The molecule has 10 heavy (non-hydrogen) atoms. The fraction of sp³-hybridized carbons (Fsp3) is 0.143. The monoisotopic (exact) mass is 171 g/mol. The number of hydrogen-bond acceptors (Lipinski definition) is 3. The molecule has 0 aliphatic rings. The van der Waals surface area contributed by atoms with Crippen molar-refractivity contribution in [1.82, 2.24) is 0 Å². The Morgan fingerprint density at radius 2 is 1.90 bits per heavy atom. The van der Waals surface area contributed by atoms with Gasteiger partial charge in [0.15, 0.2) is 0 Å². The molecular formula is C7H9NS2. The van der Waals surface area contributed by atoms with Crippen LogP contribution in [0.2, 0.25) is 0 Å². The standard InChI is InChI=1S/C7H9NS2/c1-4-2-3-5(9)7(10)6(4)8/h2-3,9-10H,8H2,1H3. The van der Waals surface area contributed by atoms with Crippen LogP contribution < -0.4 is 5.73 Å². The molecule has 0 spiro atoms. The van der Waals surface area contributed by atoms with Crippen molar-refractivity contribution in [2.45, 2.75) is 16.7 Å². The fourth-order valence-corrected chi connectivity index (χ4v) is 1.14. The van der Waals surface area contributed by atoms with Crippen LogP contribution >= 0.6 is 25.3 Å². The summed E-state index contributed by atoms with van der Waals surface area (Å²) in [5, 5.41) is 0. The van der Waals surface area contributed by atoms with E-state index in [0.29, 0.717) is 0 Å². The molecule has 1 nitrogen and oxygen atoms in total. The average molecular weight is 171 g/mol. The van der Waals surface area contributed by atoms with Crippen LogP contribution in [0.1, 0.15) is 5.56 Å². The number of anilines is 1. The molecule has 0 unspecified atom stereocenters. The van der Waals surface area contributed by atoms with Crippen molar-refractivity contribution in [2.24, 2.45) is 0 Å². The number of nitrogen functional groups attached to an aromatic ring is 1. The topological polar surface area (TPSA) is 26.0 Å². The molecule has 1 aromatic rings. The van der Waals surface area contributed by atoms with Gasteiger partial charge in [-0.25, -0.2) is 0 Å². The predicted molar refractivity (Wildman–Crippen MR) is 50.1 cm³/mol. The van der Waals surface area contributed by atoms with E-state index in [9.17, 15) is 0 Å². The van der Waals surface area contributed by atoms with Crippen molar-refractivity contribution >= 4 is 30.9 Å². The Labute approximate surface area is 71.4 Å². The zero-order valence-corrected chi connectivity index (χ0v) is 7.42. The first-order valence-corrected chi connectivity index (χ1v) is 3.79. The van der Waals surface area contributed by atoms with Gasteiger partial charge in [-0.3, -0.25) is 0 Å². The Morgan fingerprint density at radius 3 is 2.40 bits per heavy atom. The van der Waals surface area contributed by atoms with Gasteiger partial charge in [0, 0.05) is 15.5 Å². The lowest BCUT2D eigenvalue weighted by Gasteiger charge is -2.04. The third-order valence-electron chi connectivity index (χ3n) is 1.41. The number of hydrogen-bond donors (Lipinski definition) is 3. The molecule has 0 atom stereocenters. The first-order chi connectivity index (χ1) is 4.63. The molecule has 0 aliphatic heterocycles. The van der Waals surface area contributed by atoms with Gasteiger partial charge in [0.2, 0.25) is 0 Å². The highest BCUT2D eigenvalue weighted by atomic mass is 32.1. The zero-order valence-electron chi connectivity index (χ0n) is 5.63. The van der Waals surface area contributed by atoms with Crippen LogP contribution in [-0.2, 0) is 0 Å². The molecule has 3 heteroatoms. The van der Waals surface area contributed by atoms with E-state index in [2.05, 4.69) is 25.3 Å². The van der Waals surface area contributed by atoms with Gasteiger partial charge in [-0.05, 0) is 18.6 Å². The average Bonchev–Trinajstić information content (AvgIpc) is 1.93. The van der Waals surface area contributed by atoms with Crippen LogP contribution in [-0.4, -0.2) is 0 Å². The zero-order chi connectivity index (χ0) is 7.72. The Bertz CT molecular complexity index is 231. The molecule has 0 fully saturated rings. The Kier molecular flexibility index (Phi) is 2.16. The summed E-state index contributed by atoms with van der Waals surface area (Å²) in [6.07, 6.45) is 0. The minimum atomic E-state index is 0.718. The van der Waals surface area contributed by atoms with E-state index in [1.54, 1.807) is 0 Å². The summed E-state index contributed by atoms with van der Waals surface area (Å²) in [6, 6.07) is 3.81. The van der Waals surface area contributed by atoms with Gasteiger partial charge in [0.05, 0.1) is 0 Å². The van der Waals surface area contributed by atoms with Crippen molar-refractivity contribution < 1.29 is 0 Å².